The monoisotopic (exact) mass is 242 g/mol. The van der Waals surface area contributed by atoms with E-state index in [1.165, 1.54) is 11.3 Å². The fourth-order valence-corrected chi connectivity index (χ4v) is 2.19. The fraction of sp³-hybridized carbons (Fsp3) is 0.0769. The maximum Gasteiger partial charge on any atom is 0.265 e. The molecule has 0 unspecified atom stereocenters. The number of aryl methyl sites for hydroxylation is 1. The molecule has 0 atom stereocenters. The molecule has 1 amide bonds. The minimum Gasteiger partial charge on any atom is -0.320 e. The Bertz CT molecular complexity index is 595. The fourth-order valence-electron chi connectivity index (χ4n) is 1.43. The minimum absolute atomic E-state index is 0.175. The third kappa shape index (κ3) is 2.52. The molecule has 84 valence electrons. The van der Waals surface area contributed by atoms with Gasteiger partial charge in [-0.2, -0.15) is 5.26 Å². The van der Waals surface area contributed by atoms with Crippen molar-refractivity contribution in [1.82, 2.24) is 0 Å². The summed E-state index contributed by atoms with van der Waals surface area (Å²) in [6.07, 6.45) is 0. The second kappa shape index (κ2) is 4.81. The molecule has 0 spiro atoms. The molecule has 0 aliphatic rings. The number of nitriles is 1. The van der Waals surface area contributed by atoms with Crippen LogP contribution >= 0.6 is 11.3 Å². The number of anilines is 1. The van der Waals surface area contributed by atoms with Gasteiger partial charge in [0.2, 0.25) is 0 Å². The van der Waals surface area contributed by atoms with E-state index in [1.807, 2.05) is 19.1 Å². The van der Waals surface area contributed by atoms with Crippen LogP contribution in [0.4, 0.5) is 5.69 Å². The van der Waals surface area contributed by atoms with Crippen LogP contribution in [0.3, 0.4) is 0 Å². The predicted octanol–water partition coefficient (Wildman–Crippen LogP) is 3.18. The van der Waals surface area contributed by atoms with Crippen LogP contribution in [0.1, 0.15) is 20.1 Å². The lowest BCUT2D eigenvalue weighted by atomic mass is 10.2. The van der Waals surface area contributed by atoms with Gasteiger partial charge in [0.25, 0.3) is 5.91 Å². The molecule has 0 saturated carbocycles. The third-order valence-corrected chi connectivity index (χ3v) is 3.26. The number of para-hydroxylation sites is 1. The first kappa shape index (κ1) is 11.4. The van der Waals surface area contributed by atoms with Crippen molar-refractivity contribution < 1.29 is 4.79 Å². The Morgan fingerprint density at radius 2 is 2.06 bits per heavy atom. The number of nitrogens with one attached hydrogen (secondary N) is 1. The Morgan fingerprint density at radius 1 is 1.29 bits per heavy atom. The molecule has 3 nitrogen and oxygen atoms in total. The van der Waals surface area contributed by atoms with Gasteiger partial charge in [0.15, 0.2) is 0 Å². The van der Waals surface area contributed by atoms with E-state index in [4.69, 9.17) is 5.26 Å². The summed E-state index contributed by atoms with van der Waals surface area (Å²) in [7, 11) is 0. The van der Waals surface area contributed by atoms with Crippen LogP contribution < -0.4 is 5.32 Å². The van der Waals surface area contributed by atoms with Gasteiger partial charge in [0, 0.05) is 4.88 Å². The Kier molecular flexibility index (Phi) is 3.22. The number of nitrogens with zero attached hydrogens (tertiary/aromatic N) is 1. The van der Waals surface area contributed by atoms with Crippen LogP contribution in [-0.4, -0.2) is 5.91 Å². The summed E-state index contributed by atoms with van der Waals surface area (Å²) < 4.78 is 0. The van der Waals surface area contributed by atoms with E-state index in [2.05, 4.69) is 5.32 Å². The van der Waals surface area contributed by atoms with E-state index in [9.17, 15) is 4.79 Å². The molecular formula is C13H10N2OS. The second-order valence-corrected chi connectivity index (χ2v) is 4.81. The Labute approximate surface area is 103 Å². The van der Waals surface area contributed by atoms with E-state index in [0.29, 0.717) is 16.1 Å². The van der Waals surface area contributed by atoms with E-state index >= 15 is 0 Å². The first-order chi connectivity index (χ1) is 8.20. The Morgan fingerprint density at radius 3 is 2.71 bits per heavy atom. The number of carbonyl (C=O) groups is 1. The molecule has 0 aliphatic heterocycles. The van der Waals surface area contributed by atoms with Gasteiger partial charge in [0.1, 0.15) is 6.07 Å². The lowest BCUT2D eigenvalue weighted by molar-refractivity contribution is 0.103. The number of hydrogen-bond acceptors (Lipinski definition) is 3. The molecule has 0 saturated heterocycles. The Balaban J connectivity index is 2.22. The summed E-state index contributed by atoms with van der Waals surface area (Å²) in [5.74, 6) is -0.175. The van der Waals surface area contributed by atoms with Crippen molar-refractivity contribution in [3.8, 4) is 6.07 Å². The summed E-state index contributed by atoms with van der Waals surface area (Å²) >= 11 is 1.43. The highest BCUT2D eigenvalue weighted by Crippen LogP contribution is 2.19. The number of thiophene rings is 1. The van der Waals surface area contributed by atoms with Crippen molar-refractivity contribution in [2.75, 3.05) is 5.32 Å². The molecule has 2 aromatic rings. The largest absolute Gasteiger partial charge is 0.320 e. The molecule has 17 heavy (non-hydrogen) atoms. The zero-order chi connectivity index (χ0) is 12.3. The van der Waals surface area contributed by atoms with Gasteiger partial charge in [-0.05, 0) is 31.2 Å². The van der Waals surface area contributed by atoms with Crippen molar-refractivity contribution in [3.63, 3.8) is 0 Å². The number of rotatable bonds is 2. The summed E-state index contributed by atoms with van der Waals surface area (Å²) in [5, 5.41) is 11.6. The van der Waals surface area contributed by atoms with E-state index in [1.54, 1.807) is 30.3 Å². The molecule has 1 aromatic heterocycles. The second-order valence-electron chi connectivity index (χ2n) is 3.52. The summed E-state index contributed by atoms with van der Waals surface area (Å²) in [6, 6.07) is 12.7. The smallest absolute Gasteiger partial charge is 0.265 e. The zero-order valence-electron chi connectivity index (χ0n) is 9.23. The molecule has 0 aliphatic carbocycles. The van der Waals surface area contributed by atoms with Crippen molar-refractivity contribution in [2.45, 2.75) is 6.92 Å². The molecule has 1 heterocycles. The van der Waals surface area contributed by atoms with Gasteiger partial charge >= 0.3 is 0 Å². The number of hydrogen-bond donors (Lipinski definition) is 1. The molecule has 2 rings (SSSR count). The highest BCUT2D eigenvalue weighted by molar-refractivity contribution is 7.14. The molecule has 0 fully saturated rings. The van der Waals surface area contributed by atoms with E-state index in [-0.39, 0.29) is 5.91 Å². The third-order valence-electron chi connectivity index (χ3n) is 2.26. The molecule has 0 radical (unpaired) electrons. The van der Waals surface area contributed by atoms with E-state index in [0.717, 1.165) is 4.88 Å². The molecule has 1 aromatic carbocycles. The number of benzene rings is 1. The summed E-state index contributed by atoms with van der Waals surface area (Å²) in [5.41, 5.74) is 1.01. The van der Waals surface area contributed by atoms with Gasteiger partial charge < -0.3 is 5.32 Å². The molecule has 4 heteroatoms. The van der Waals surface area contributed by atoms with Gasteiger partial charge in [-0.1, -0.05) is 12.1 Å². The highest BCUT2D eigenvalue weighted by atomic mass is 32.1. The lowest BCUT2D eigenvalue weighted by Crippen LogP contribution is -2.11. The first-order valence-corrected chi connectivity index (χ1v) is 5.89. The van der Waals surface area contributed by atoms with Crippen LogP contribution in [0, 0.1) is 18.3 Å². The first-order valence-electron chi connectivity index (χ1n) is 5.07. The minimum atomic E-state index is -0.175. The van der Waals surface area contributed by atoms with Gasteiger partial charge in [-0.3, -0.25) is 4.79 Å². The topological polar surface area (TPSA) is 52.9 Å². The van der Waals surface area contributed by atoms with Crippen molar-refractivity contribution in [1.29, 1.82) is 5.26 Å². The van der Waals surface area contributed by atoms with Crippen molar-refractivity contribution in [2.24, 2.45) is 0 Å². The van der Waals surface area contributed by atoms with Crippen LogP contribution in [0.5, 0.6) is 0 Å². The number of amides is 1. The van der Waals surface area contributed by atoms with Crippen molar-refractivity contribution >= 4 is 22.9 Å². The van der Waals surface area contributed by atoms with Crippen molar-refractivity contribution in [3.05, 3.63) is 51.7 Å². The summed E-state index contributed by atoms with van der Waals surface area (Å²) in [6.45, 7) is 1.95. The average Bonchev–Trinajstić information content (AvgIpc) is 2.77. The quantitative estimate of drug-likeness (QED) is 0.879. The maximum atomic E-state index is 11.9. The zero-order valence-corrected chi connectivity index (χ0v) is 10.0. The normalized spacial score (nSPS) is 9.65. The standard InChI is InChI=1S/C13H10N2OS/c1-9-6-7-12(17-9)13(16)15-11-5-3-2-4-10(11)8-14/h2-7H,1H3,(H,15,16). The van der Waals surface area contributed by atoms with Crippen LogP contribution in [0.25, 0.3) is 0 Å². The van der Waals surface area contributed by atoms with Gasteiger partial charge in [-0.15, -0.1) is 11.3 Å². The molecule has 0 bridgehead atoms. The highest BCUT2D eigenvalue weighted by Gasteiger charge is 2.10. The Hall–Kier alpha value is -2.12. The van der Waals surface area contributed by atoms with Gasteiger partial charge in [0.05, 0.1) is 16.1 Å². The maximum absolute atomic E-state index is 11.9. The average molecular weight is 242 g/mol. The predicted molar refractivity (Wildman–Crippen MR) is 68.2 cm³/mol. The molecular weight excluding hydrogens is 232 g/mol. The summed E-state index contributed by atoms with van der Waals surface area (Å²) in [4.78, 5) is 13.6. The molecule has 1 N–H and O–H groups in total. The lowest BCUT2D eigenvalue weighted by Gasteiger charge is -2.04. The van der Waals surface area contributed by atoms with Crippen LogP contribution in [0.2, 0.25) is 0 Å². The van der Waals surface area contributed by atoms with Gasteiger partial charge in [-0.25, -0.2) is 0 Å². The van der Waals surface area contributed by atoms with Crippen LogP contribution in [0.15, 0.2) is 36.4 Å². The van der Waals surface area contributed by atoms with Crippen LogP contribution in [-0.2, 0) is 0 Å². The SMILES string of the molecule is Cc1ccc(C(=O)Nc2ccccc2C#N)s1. The van der Waals surface area contributed by atoms with E-state index < -0.39 is 0 Å². The number of carbonyl (C=O) groups excluding carboxylic acids is 1.